The molecule has 0 aromatic heterocycles. The molecule has 4 heteroatoms. The van der Waals surface area contributed by atoms with Crippen LogP contribution in [-0.2, 0) is 11.3 Å². The van der Waals surface area contributed by atoms with Crippen molar-refractivity contribution in [2.24, 2.45) is 5.73 Å². The Bertz CT molecular complexity index is 335. The van der Waals surface area contributed by atoms with Crippen molar-refractivity contribution < 1.29 is 4.79 Å². The van der Waals surface area contributed by atoms with Crippen LogP contribution in [0.25, 0.3) is 0 Å². The van der Waals surface area contributed by atoms with Crippen LogP contribution in [0.15, 0.2) is 24.3 Å². The molecule has 0 radical (unpaired) electrons. The predicted molar refractivity (Wildman–Crippen MR) is 68.6 cm³/mol. The summed E-state index contributed by atoms with van der Waals surface area (Å²) in [5.41, 5.74) is 7.87. The number of halogens is 1. The first-order chi connectivity index (χ1) is 7.00. The molecule has 0 fully saturated rings. The molecule has 0 bridgehead atoms. The van der Waals surface area contributed by atoms with Gasteiger partial charge in [0, 0.05) is 13.6 Å². The van der Waals surface area contributed by atoms with Gasteiger partial charge in [0.2, 0.25) is 5.91 Å². The Morgan fingerprint density at radius 3 is 2.31 bits per heavy atom. The summed E-state index contributed by atoms with van der Waals surface area (Å²) in [6.07, 6.45) is 0. The third-order valence-electron chi connectivity index (χ3n) is 2.31. The molecule has 1 atom stereocenters. The minimum atomic E-state index is -0.430. The van der Waals surface area contributed by atoms with Gasteiger partial charge in [0.25, 0.3) is 0 Å². The van der Waals surface area contributed by atoms with E-state index >= 15 is 0 Å². The Kier molecular flexibility index (Phi) is 6.08. The van der Waals surface area contributed by atoms with E-state index in [4.69, 9.17) is 5.73 Å². The van der Waals surface area contributed by atoms with E-state index in [1.165, 1.54) is 5.56 Å². The minimum absolute atomic E-state index is 0. The number of amides is 1. The molecule has 0 heterocycles. The van der Waals surface area contributed by atoms with E-state index in [2.05, 4.69) is 0 Å². The van der Waals surface area contributed by atoms with Crippen LogP contribution in [-0.4, -0.2) is 23.9 Å². The molecule has 0 unspecified atom stereocenters. The second-order valence-electron chi connectivity index (χ2n) is 3.97. The predicted octanol–water partition coefficient (Wildman–Crippen LogP) is 1.72. The number of nitrogens with two attached hydrogens (primary N) is 1. The van der Waals surface area contributed by atoms with E-state index in [0.29, 0.717) is 6.54 Å². The molecular weight excluding hydrogens is 224 g/mol. The molecule has 16 heavy (non-hydrogen) atoms. The molecule has 2 N–H and O–H groups in total. The maximum absolute atomic E-state index is 11.5. The Balaban J connectivity index is 0.00000225. The van der Waals surface area contributed by atoms with Crippen molar-refractivity contribution in [3.8, 4) is 0 Å². The van der Waals surface area contributed by atoms with Crippen LogP contribution in [0.5, 0.6) is 0 Å². The number of hydrogen-bond donors (Lipinski definition) is 1. The standard InChI is InChI=1S/C12H18N2O.ClH/c1-9-4-6-11(7-5-9)8-14(3)12(15)10(2)13;/h4-7,10H,8,13H2,1-3H3;1H/t10-;/m0./s1. The smallest absolute Gasteiger partial charge is 0.239 e. The van der Waals surface area contributed by atoms with E-state index in [1.54, 1.807) is 18.9 Å². The van der Waals surface area contributed by atoms with Crippen LogP contribution in [0.2, 0.25) is 0 Å². The van der Waals surface area contributed by atoms with Crippen molar-refractivity contribution in [3.63, 3.8) is 0 Å². The molecule has 90 valence electrons. The first kappa shape index (κ1) is 14.9. The van der Waals surface area contributed by atoms with Gasteiger partial charge in [-0.25, -0.2) is 0 Å². The van der Waals surface area contributed by atoms with Gasteiger partial charge in [-0.15, -0.1) is 12.4 Å². The second kappa shape index (κ2) is 6.51. The SMILES string of the molecule is Cc1ccc(CN(C)C(=O)[C@H](C)N)cc1.Cl. The summed E-state index contributed by atoms with van der Waals surface area (Å²) in [5.74, 6) is -0.0319. The lowest BCUT2D eigenvalue weighted by molar-refractivity contribution is -0.131. The molecule has 0 aliphatic rings. The zero-order valence-electron chi connectivity index (χ0n) is 9.93. The average molecular weight is 243 g/mol. The number of carbonyl (C=O) groups excluding carboxylic acids is 1. The summed E-state index contributed by atoms with van der Waals surface area (Å²) in [7, 11) is 1.77. The Labute approximate surface area is 103 Å². The second-order valence-corrected chi connectivity index (χ2v) is 3.97. The quantitative estimate of drug-likeness (QED) is 0.878. The van der Waals surface area contributed by atoms with E-state index in [1.807, 2.05) is 31.2 Å². The van der Waals surface area contributed by atoms with Crippen molar-refractivity contribution in [1.82, 2.24) is 4.90 Å². The first-order valence-corrected chi connectivity index (χ1v) is 5.07. The molecular formula is C12H19ClN2O. The van der Waals surface area contributed by atoms with Crippen molar-refractivity contribution in [3.05, 3.63) is 35.4 Å². The number of likely N-dealkylation sites (N-methyl/N-ethyl adjacent to an activating group) is 1. The largest absolute Gasteiger partial charge is 0.340 e. The molecule has 0 spiro atoms. The van der Waals surface area contributed by atoms with Crippen LogP contribution in [0.4, 0.5) is 0 Å². The van der Waals surface area contributed by atoms with Crippen LogP contribution in [0.1, 0.15) is 18.1 Å². The fourth-order valence-electron chi connectivity index (χ4n) is 1.39. The summed E-state index contributed by atoms with van der Waals surface area (Å²) in [5, 5.41) is 0. The van der Waals surface area contributed by atoms with Crippen LogP contribution >= 0.6 is 12.4 Å². The zero-order valence-corrected chi connectivity index (χ0v) is 10.8. The van der Waals surface area contributed by atoms with Crippen LogP contribution in [0, 0.1) is 6.92 Å². The third kappa shape index (κ3) is 4.21. The van der Waals surface area contributed by atoms with Gasteiger partial charge in [-0.3, -0.25) is 4.79 Å². The number of benzene rings is 1. The Hall–Kier alpha value is -1.06. The summed E-state index contributed by atoms with van der Waals surface area (Å²) >= 11 is 0. The van der Waals surface area contributed by atoms with Crippen molar-refractivity contribution in [1.29, 1.82) is 0 Å². The highest BCUT2D eigenvalue weighted by Crippen LogP contribution is 2.06. The van der Waals surface area contributed by atoms with Crippen LogP contribution < -0.4 is 5.73 Å². The molecule has 0 saturated carbocycles. The van der Waals surface area contributed by atoms with Crippen molar-refractivity contribution in [2.75, 3.05) is 7.05 Å². The fraction of sp³-hybridized carbons (Fsp3) is 0.417. The lowest BCUT2D eigenvalue weighted by Crippen LogP contribution is -2.39. The van der Waals surface area contributed by atoms with Crippen molar-refractivity contribution in [2.45, 2.75) is 26.4 Å². The number of hydrogen-bond acceptors (Lipinski definition) is 2. The van der Waals surface area contributed by atoms with Crippen LogP contribution in [0.3, 0.4) is 0 Å². The molecule has 1 rings (SSSR count). The zero-order chi connectivity index (χ0) is 11.4. The normalized spacial score (nSPS) is 11.5. The van der Waals surface area contributed by atoms with E-state index in [-0.39, 0.29) is 18.3 Å². The highest BCUT2D eigenvalue weighted by molar-refractivity contribution is 5.85. The van der Waals surface area contributed by atoms with Crippen molar-refractivity contribution >= 4 is 18.3 Å². The number of rotatable bonds is 3. The van der Waals surface area contributed by atoms with Gasteiger partial charge in [-0.2, -0.15) is 0 Å². The third-order valence-corrected chi connectivity index (χ3v) is 2.31. The highest BCUT2D eigenvalue weighted by atomic mass is 35.5. The fourth-order valence-corrected chi connectivity index (χ4v) is 1.39. The average Bonchev–Trinajstić information content (AvgIpc) is 2.20. The summed E-state index contributed by atoms with van der Waals surface area (Å²) in [4.78, 5) is 13.2. The van der Waals surface area contributed by atoms with E-state index in [9.17, 15) is 4.79 Å². The maximum atomic E-state index is 11.5. The Morgan fingerprint density at radius 1 is 1.38 bits per heavy atom. The molecule has 1 amide bonds. The topological polar surface area (TPSA) is 46.3 Å². The molecule has 3 nitrogen and oxygen atoms in total. The highest BCUT2D eigenvalue weighted by Gasteiger charge is 2.12. The molecule has 0 aliphatic heterocycles. The molecule has 0 saturated heterocycles. The Morgan fingerprint density at radius 2 is 1.88 bits per heavy atom. The van der Waals surface area contributed by atoms with Gasteiger partial charge in [0.1, 0.15) is 0 Å². The van der Waals surface area contributed by atoms with Gasteiger partial charge >= 0.3 is 0 Å². The number of carbonyl (C=O) groups is 1. The summed E-state index contributed by atoms with van der Waals surface area (Å²) < 4.78 is 0. The van der Waals surface area contributed by atoms with Gasteiger partial charge in [-0.05, 0) is 19.4 Å². The molecule has 1 aromatic carbocycles. The molecule has 0 aliphatic carbocycles. The van der Waals surface area contributed by atoms with Gasteiger partial charge < -0.3 is 10.6 Å². The lowest BCUT2D eigenvalue weighted by atomic mass is 10.1. The summed E-state index contributed by atoms with van der Waals surface area (Å²) in [6, 6.07) is 7.71. The molecule has 1 aromatic rings. The minimum Gasteiger partial charge on any atom is -0.340 e. The number of aryl methyl sites for hydroxylation is 1. The van der Waals surface area contributed by atoms with Gasteiger partial charge in [0.15, 0.2) is 0 Å². The number of nitrogens with zero attached hydrogens (tertiary/aromatic N) is 1. The van der Waals surface area contributed by atoms with Gasteiger partial charge in [0.05, 0.1) is 6.04 Å². The maximum Gasteiger partial charge on any atom is 0.239 e. The first-order valence-electron chi connectivity index (χ1n) is 5.07. The van der Waals surface area contributed by atoms with E-state index < -0.39 is 6.04 Å². The lowest BCUT2D eigenvalue weighted by Gasteiger charge is -2.19. The summed E-state index contributed by atoms with van der Waals surface area (Å²) in [6.45, 7) is 4.36. The van der Waals surface area contributed by atoms with E-state index in [0.717, 1.165) is 5.56 Å². The van der Waals surface area contributed by atoms with Gasteiger partial charge in [-0.1, -0.05) is 29.8 Å². The monoisotopic (exact) mass is 242 g/mol.